The van der Waals surface area contributed by atoms with Gasteiger partial charge < -0.3 is 10.6 Å². The fraction of sp³-hybridized carbons (Fsp3) is 0.643. The van der Waals surface area contributed by atoms with E-state index in [1.807, 2.05) is 11.4 Å². The van der Waals surface area contributed by atoms with E-state index in [-0.39, 0.29) is 11.6 Å². The molecule has 2 N–H and O–H groups in total. The Morgan fingerprint density at radius 1 is 1.39 bits per heavy atom. The lowest BCUT2D eigenvalue weighted by atomic mass is 9.37. The third-order valence-corrected chi connectivity index (χ3v) is 5.81. The number of carbonyl (C=O) groups excluding carboxylic acids is 1. The van der Waals surface area contributed by atoms with E-state index in [1.54, 1.807) is 11.3 Å². The van der Waals surface area contributed by atoms with E-state index in [2.05, 4.69) is 16.7 Å². The average Bonchev–Trinajstić information content (AvgIpc) is 2.76. The van der Waals surface area contributed by atoms with Crippen LogP contribution >= 0.6 is 11.3 Å². The van der Waals surface area contributed by atoms with E-state index in [1.165, 1.54) is 37.0 Å². The number of thiophene rings is 1. The molecule has 5 fully saturated rings. The summed E-state index contributed by atoms with van der Waals surface area (Å²) in [6.45, 7) is 0.647. The van der Waals surface area contributed by atoms with E-state index in [9.17, 15) is 4.79 Å². The van der Waals surface area contributed by atoms with Gasteiger partial charge in [0.1, 0.15) is 0 Å². The Morgan fingerprint density at radius 2 is 2.22 bits per heavy atom. The molecule has 0 aromatic carbocycles. The number of urea groups is 1. The number of rotatable bonds is 3. The van der Waals surface area contributed by atoms with Gasteiger partial charge in [-0.3, -0.25) is 0 Å². The lowest BCUT2D eigenvalue weighted by Gasteiger charge is -2.71. The Morgan fingerprint density at radius 3 is 2.83 bits per heavy atom. The fourth-order valence-corrected chi connectivity index (χ4v) is 5.33. The molecule has 3 bridgehead atoms. The summed E-state index contributed by atoms with van der Waals surface area (Å²) in [5, 5.41) is 8.24. The average molecular weight is 262 g/mol. The van der Waals surface area contributed by atoms with Crippen molar-refractivity contribution in [2.45, 2.75) is 44.2 Å². The quantitative estimate of drug-likeness (QED) is 0.864. The van der Waals surface area contributed by atoms with Crippen LogP contribution in [0.1, 0.15) is 37.0 Å². The predicted molar refractivity (Wildman–Crippen MR) is 71.4 cm³/mol. The second-order valence-electron chi connectivity index (χ2n) is 6.50. The summed E-state index contributed by atoms with van der Waals surface area (Å²) >= 11 is 1.68. The highest BCUT2D eigenvalue weighted by atomic mass is 32.1. The molecule has 1 aromatic heterocycles. The number of hydrogen-bond donors (Lipinski definition) is 2. The second kappa shape index (κ2) is 3.50. The Hall–Kier alpha value is -1.03. The molecular weight excluding hydrogens is 244 g/mol. The van der Waals surface area contributed by atoms with Crippen molar-refractivity contribution in [2.24, 2.45) is 11.3 Å². The minimum atomic E-state index is 0.0135. The van der Waals surface area contributed by atoms with Crippen LogP contribution in [0.3, 0.4) is 0 Å². The van der Waals surface area contributed by atoms with Crippen LogP contribution in [0.5, 0.6) is 0 Å². The highest BCUT2D eigenvalue weighted by molar-refractivity contribution is 7.09. The Kier molecular flexibility index (Phi) is 2.11. The van der Waals surface area contributed by atoms with Gasteiger partial charge in [0.25, 0.3) is 0 Å². The van der Waals surface area contributed by atoms with Crippen molar-refractivity contribution in [3.63, 3.8) is 0 Å². The molecule has 3 nitrogen and oxygen atoms in total. The number of nitrogens with one attached hydrogen (secondary N) is 2. The molecule has 0 radical (unpaired) electrons. The molecule has 6 rings (SSSR count). The van der Waals surface area contributed by atoms with Crippen LogP contribution in [0.15, 0.2) is 17.5 Å². The summed E-state index contributed by atoms with van der Waals surface area (Å²) in [4.78, 5) is 13.1. The topological polar surface area (TPSA) is 41.1 Å². The molecule has 18 heavy (non-hydrogen) atoms. The largest absolute Gasteiger partial charge is 0.333 e. The highest BCUT2D eigenvalue weighted by Gasteiger charge is 2.66. The van der Waals surface area contributed by atoms with Crippen molar-refractivity contribution in [1.82, 2.24) is 10.6 Å². The van der Waals surface area contributed by atoms with Crippen LogP contribution in [0.4, 0.5) is 4.79 Å². The van der Waals surface area contributed by atoms with Crippen LogP contribution in [0.2, 0.25) is 0 Å². The van der Waals surface area contributed by atoms with Gasteiger partial charge in [-0.05, 0) is 54.9 Å². The SMILES string of the molecule is O=C(NCc1cccs1)NC12CC3CC(C3)(C1)C2. The molecule has 1 aromatic rings. The third-order valence-electron chi connectivity index (χ3n) is 4.93. The minimum absolute atomic E-state index is 0.0135. The first-order valence-corrected chi connectivity index (χ1v) is 7.64. The minimum Gasteiger partial charge on any atom is -0.333 e. The van der Waals surface area contributed by atoms with E-state index >= 15 is 0 Å². The van der Waals surface area contributed by atoms with Gasteiger partial charge in [-0.15, -0.1) is 11.3 Å². The summed E-state index contributed by atoms with van der Waals surface area (Å²) in [6.07, 6.45) is 6.51. The summed E-state index contributed by atoms with van der Waals surface area (Å²) in [6, 6.07) is 4.08. The Labute approximate surface area is 111 Å². The summed E-state index contributed by atoms with van der Waals surface area (Å²) in [5.74, 6) is 0.894. The fourth-order valence-electron chi connectivity index (χ4n) is 4.68. The van der Waals surface area contributed by atoms with Crippen molar-refractivity contribution in [3.05, 3.63) is 22.4 Å². The monoisotopic (exact) mass is 262 g/mol. The molecule has 0 atom stereocenters. The van der Waals surface area contributed by atoms with Gasteiger partial charge in [0.15, 0.2) is 0 Å². The first kappa shape index (κ1) is 10.9. The van der Waals surface area contributed by atoms with E-state index < -0.39 is 0 Å². The van der Waals surface area contributed by atoms with Crippen molar-refractivity contribution >= 4 is 17.4 Å². The lowest BCUT2D eigenvalue weighted by molar-refractivity contribution is -0.168. The van der Waals surface area contributed by atoms with Gasteiger partial charge in [-0.25, -0.2) is 4.79 Å². The van der Waals surface area contributed by atoms with Gasteiger partial charge in [0, 0.05) is 10.4 Å². The number of carbonyl (C=O) groups is 1. The molecule has 4 heteroatoms. The molecule has 5 aliphatic carbocycles. The summed E-state index contributed by atoms with van der Waals surface area (Å²) in [5.41, 5.74) is 0.796. The van der Waals surface area contributed by atoms with Gasteiger partial charge >= 0.3 is 6.03 Å². The molecule has 1 spiro atoms. The molecule has 1 heterocycles. The lowest BCUT2D eigenvalue weighted by Crippen LogP contribution is -2.72. The predicted octanol–water partition coefficient (Wildman–Crippen LogP) is 2.88. The van der Waals surface area contributed by atoms with Crippen LogP contribution in [0.25, 0.3) is 0 Å². The standard InChI is InChI=1S/C14H18N2OS/c17-12(15-7-11-2-1-3-18-11)16-14-6-10-4-13(5-10,8-14)9-14/h1-3,10H,4-9H2,(H2,15,16,17). The molecule has 0 saturated heterocycles. The zero-order valence-corrected chi connectivity index (χ0v) is 11.2. The molecule has 5 saturated carbocycles. The third kappa shape index (κ3) is 1.58. The molecular formula is C14H18N2OS. The maximum atomic E-state index is 11.9. The van der Waals surface area contributed by atoms with Crippen LogP contribution < -0.4 is 10.6 Å². The highest BCUT2D eigenvalue weighted by Crippen LogP contribution is 2.71. The van der Waals surface area contributed by atoms with Crippen LogP contribution in [-0.4, -0.2) is 11.6 Å². The van der Waals surface area contributed by atoms with Crippen molar-refractivity contribution in [3.8, 4) is 0 Å². The van der Waals surface area contributed by atoms with Crippen molar-refractivity contribution < 1.29 is 4.79 Å². The Balaban J connectivity index is 1.31. The number of hydrogen-bond acceptors (Lipinski definition) is 2. The molecule has 0 aliphatic heterocycles. The smallest absolute Gasteiger partial charge is 0.315 e. The van der Waals surface area contributed by atoms with Crippen molar-refractivity contribution in [2.75, 3.05) is 0 Å². The molecule has 5 aliphatic rings. The van der Waals surface area contributed by atoms with Gasteiger partial charge in [0.2, 0.25) is 0 Å². The normalized spacial score (nSPS) is 39.4. The van der Waals surface area contributed by atoms with Crippen molar-refractivity contribution in [1.29, 1.82) is 0 Å². The van der Waals surface area contributed by atoms with Gasteiger partial charge in [-0.2, -0.15) is 0 Å². The molecule has 96 valence electrons. The van der Waals surface area contributed by atoms with E-state index in [0.29, 0.717) is 12.0 Å². The van der Waals surface area contributed by atoms with E-state index in [4.69, 9.17) is 0 Å². The zero-order valence-electron chi connectivity index (χ0n) is 10.4. The van der Waals surface area contributed by atoms with Crippen LogP contribution in [-0.2, 0) is 6.54 Å². The van der Waals surface area contributed by atoms with E-state index in [0.717, 1.165) is 5.92 Å². The zero-order chi connectivity index (χ0) is 12.2. The summed E-state index contributed by atoms with van der Waals surface area (Å²) < 4.78 is 0. The van der Waals surface area contributed by atoms with Gasteiger partial charge in [0.05, 0.1) is 6.54 Å². The van der Waals surface area contributed by atoms with Gasteiger partial charge in [-0.1, -0.05) is 6.07 Å². The van der Waals surface area contributed by atoms with Crippen LogP contribution in [0, 0.1) is 11.3 Å². The summed E-state index contributed by atoms with van der Waals surface area (Å²) in [7, 11) is 0. The number of amides is 2. The first-order valence-electron chi connectivity index (χ1n) is 6.76. The maximum absolute atomic E-state index is 11.9. The molecule has 0 unspecified atom stereocenters. The molecule has 2 amide bonds. The Bertz CT molecular complexity index is 462. The first-order chi connectivity index (χ1) is 8.67. The maximum Gasteiger partial charge on any atom is 0.315 e. The second-order valence-corrected chi connectivity index (χ2v) is 7.53.